The highest BCUT2D eigenvalue weighted by Crippen LogP contribution is 2.55. The normalized spacial score (nSPS) is 13.2. The minimum absolute atomic E-state index is 0.0191. The summed E-state index contributed by atoms with van der Waals surface area (Å²) in [6.45, 7) is 9.92. The zero-order valence-corrected chi connectivity index (χ0v) is 40.1. The van der Waals surface area contributed by atoms with Crippen LogP contribution in [0.4, 0.5) is 29.1 Å². The molecule has 364 valence electrons. The number of carbonyl (C=O) groups is 2. The molecule has 10 N–H and O–H groups in total. The number of hydrogen-bond donors (Lipinski definition) is 7. The van der Waals surface area contributed by atoms with Crippen molar-refractivity contribution in [1.82, 2.24) is 50.5 Å². The fourth-order valence-electron chi connectivity index (χ4n) is 6.15. The second-order valence-electron chi connectivity index (χ2n) is 14.5. The third kappa shape index (κ3) is 14.4. The Morgan fingerprint density at radius 3 is 1.71 bits per heavy atom. The molecular weight excluding hydrogens is 924 g/mol. The fourth-order valence-corrected chi connectivity index (χ4v) is 9.23. The molecule has 6 aromatic rings. The molecule has 0 bridgehead atoms. The van der Waals surface area contributed by atoms with E-state index in [4.69, 9.17) is 40.4 Å². The number of H-pyrrole nitrogens is 1. The molecular formula is C41H55N15O10P2. The number of nitrogens with two attached hydrogens (primary N) is 3. The number of carboxylic acids is 1. The van der Waals surface area contributed by atoms with E-state index in [1.807, 2.05) is 37.7 Å². The smallest absolute Gasteiger partial charge is 0.349 e. The van der Waals surface area contributed by atoms with Gasteiger partial charge in [0.1, 0.15) is 12.1 Å². The Bertz CT molecular complexity index is 2820. The van der Waals surface area contributed by atoms with E-state index in [0.29, 0.717) is 54.4 Å². The van der Waals surface area contributed by atoms with Crippen molar-refractivity contribution in [2.75, 3.05) is 80.4 Å². The first kappa shape index (κ1) is 52.3. The number of aromatic amines is 1. The highest BCUT2D eigenvalue weighted by Gasteiger charge is 2.43. The maximum atomic E-state index is 12.5. The van der Waals surface area contributed by atoms with Gasteiger partial charge in [0.05, 0.1) is 68.9 Å². The molecule has 0 saturated carbocycles. The Hall–Kier alpha value is -6.72. The Morgan fingerprint density at radius 2 is 1.22 bits per heavy atom. The molecule has 0 spiro atoms. The first-order valence-corrected chi connectivity index (χ1v) is 24.4. The molecule has 7 rings (SSSR count). The van der Waals surface area contributed by atoms with Gasteiger partial charge in [-0.3, -0.25) is 23.7 Å². The molecule has 1 saturated heterocycles. The molecule has 1 aliphatic rings. The Labute approximate surface area is 390 Å². The highest BCUT2D eigenvalue weighted by atomic mass is 31.2. The maximum absolute atomic E-state index is 12.5. The molecule has 4 aromatic heterocycles. The number of amides is 1. The van der Waals surface area contributed by atoms with Gasteiger partial charge in [0.25, 0.3) is 11.5 Å². The average molecular weight is 980 g/mol. The summed E-state index contributed by atoms with van der Waals surface area (Å²) in [5.74, 6) is -1.19. The largest absolute Gasteiger partial charge is 0.478 e. The van der Waals surface area contributed by atoms with Crippen LogP contribution in [-0.4, -0.2) is 116 Å². The lowest BCUT2D eigenvalue weighted by Crippen LogP contribution is -2.26. The molecule has 5 heterocycles. The van der Waals surface area contributed by atoms with E-state index in [9.17, 15) is 23.5 Å². The van der Waals surface area contributed by atoms with Crippen molar-refractivity contribution in [3.8, 4) is 0 Å². The van der Waals surface area contributed by atoms with Crippen LogP contribution >= 0.6 is 15.2 Å². The molecule has 0 radical (unpaired) electrons. The topological polar surface area (TPSA) is 367 Å². The highest BCUT2D eigenvalue weighted by molar-refractivity contribution is 7.55. The summed E-state index contributed by atoms with van der Waals surface area (Å²) in [6, 6.07) is 13.4. The van der Waals surface area contributed by atoms with Gasteiger partial charge in [-0.1, -0.05) is 0 Å². The molecule has 1 amide bonds. The number of anilines is 5. The fraction of sp³-hybridized carbons (Fsp3) is 0.366. The van der Waals surface area contributed by atoms with Crippen LogP contribution in [0.3, 0.4) is 0 Å². The van der Waals surface area contributed by atoms with Crippen LogP contribution in [0.1, 0.15) is 59.8 Å². The van der Waals surface area contributed by atoms with E-state index < -0.39 is 32.6 Å². The van der Waals surface area contributed by atoms with Crippen LogP contribution in [0, 0.1) is 0 Å². The number of benzene rings is 2. The van der Waals surface area contributed by atoms with Gasteiger partial charge in [0.15, 0.2) is 28.1 Å². The zero-order valence-electron chi connectivity index (χ0n) is 38.3. The maximum Gasteiger partial charge on any atom is 0.349 e. The minimum Gasteiger partial charge on any atom is -0.478 e. The minimum atomic E-state index is -3.37. The van der Waals surface area contributed by atoms with Gasteiger partial charge in [0.2, 0.25) is 11.9 Å². The third-order valence-corrected chi connectivity index (χ3v) is 13.6. The molecule has 1 unspecified atom stereocenters. The number of carbonyl (C=O) groups excluding carboxylic acids is 1. The van der Waals surface area contributed by atoms with Crippen LogP contribution in [0.2, 0.25) is 0 Å². The lowest BCUT2D eigenvalue weighted by Gasteiger charge is -2.19. The van der Waals surface area contributed by atoms with Gasteiger partial charge in [-0.2, -0.15) is 15.0 Å². The van der Waals surface area contributed by atoms with Crippen molar-refractivity contribution in [2.45, 2.75) is 46.6 Å². The molecule has 1 fully saturated rings. The Kier molecular flexibility index (Phi) is 18.3. The Morgan fingerprint density at radius 1 is 0.735 bits per heavy atom. The summed E-state index contributed by atoms with van der Waals surface area (Å²) in [7, 11) is -2.46. The SMILES string of the molecule is CCOP(=O)(CNC(=O)c1ccc(N(C)Cc2cnc3nc(N)[nH]c(=O)c3n2)cc1)OCC.CCOP(=O)(OCC)C1CN1.CN(Cc1cnc2nc(N)nc(N)c2n1)c1ccc(C(=O)O)cc1. The van der Waals surface area contributed by atoms with E-state index in [1.54, 1.807) is 68.6 Å². The molecule has 1 aliphatic heterocycles. The van der Waals surface area contributed by atoms with E-state index in [2.05, 4.69) is 50.5 Å². The summed E-state index contributed by atoms with van der Waals surface area (Å²) in [5, 5.41) is 14.5. The van der Waals surface area contributed by atoms with Gasteiger partial charge in [-0.15, -0.1) is 0 Å². The Balaban J connectivity index is 0.000000214. The van der Waals surface area contributed by atoms with Gasteiger partial charge >= 0.3 is 21.2 Å². The molecule has 2 aromatic carbocycles. The first-order valence-electron chi connectivity index (χ1n) is 21.1. The number of aromatic carboxylic acids is 1. The second kappa shape index (κ2) is 23.8. The number of hydrogen-bond acceptors (Lipinski definition) is 22. The summed E-state index contributed by atoms with van der Waals surface area (Å²) < 4.78 is 44.6. The average Bonchev–Trinajstić information content (AvgIpc) is 4.17. The summed E-state index contributed by atoms with van der Waals surface area (Å²) in [4.78, 5) is 70.5. The lowest BCUT2D eigenvalue weighted by atomic mass is 10.2. The van der Waals surface area contributed by atoms with Gasteiger partial charge in [-0.05, 0) is 76.2 Å². The standard InChI is InChI=1S/C20H26N7O5P.C15H15N7O2.C6H14NO3P/c1-4-31-33(30,32-5-2)12-23-18(28)13-6-8-15(9-7-13)27(3)11-14-10-22-17-16(24-14)19(29)26-20(21)25-17;1-22(10-4-2-8(3-5-10)14(23)24)7-9-6-18-13-11(19-9)12(16)20-15(17)21-13;1-3-9-11(8,10-4-2)6-5-7-6/h6-10H,4-5,11-12H2,1-3H3,(H,23,28)(H3,21,22,25,26,29);2-6H,7H2,1H3,(H,23,24)(H4,16,17,18,20,21);6-7H,3-5H2,1-2H3. The number of nitrogen functional groups attached to an aromatic ring is 3. The van der Waals surface area contributed by atoms with Crippen molar-refractivity contribution in [1.29, 1.82) is 0 Å². The van der Waals surface area contributed by atoms with Gasteiger partial charge < -0.3 is 60.8 Å². The van der Waals surface area contributed by atoms with Crippen LogP contribution in [-0.2, 0) is 40.3 Å². The molecule has 27 heteroatoms. The van der Waals surface area contributed by atoms with Crippen molar-refractivity contribution >= 4 is 78.5 Å². The summed E-state index contributed by atoms with van der Waals surface area (Å²) in [5.41, 5.74) is 21.0. The summed E-state index contributed by atoms with van der Waals surface area (Å²) >= 11 is 0. The predicted molar refractivity (Wildman–Crippen MR) is 256 cm³/mol. The zero-order chi connectivity index (χ0) is 49.6. The van der Waals surface area contributed by atoms with Crippen LogP contribution in [0.5, 0.6) is 0 Å². The van der Waals surface area contributed by atoms with Crippen LogP contribution in [0.15, 0.2) is 65.7 Å². The van der Waals surface area contributed by atoms with Crippen LogP contribution < -0.4 is 43.2 Å². The molecule has 25 nitrogen and oxygen atoms in total. The third-order valence-electron chi connectivity index (χ3n) is 9.38. The number of carboxylic acid groups (broad SMARTS) is 1. The molecule has 0 aliphatic carbocycles. The van der Waals surface area contributed by atoms with Crippen molar-refractivity contribution < 1.29 is 41.9 Å². The van der Waals surface area contributed by atoms with E-state index in [0.717, 1.165) is 17.9 Å². The number of nitrogens with one attached hydrogen (secondary N) is 3. The quantitative estimate of drug-likeness (QED) is 0.0445. The van der Waals surface area contributed by atoms with Gasteiger partial charge in [-0.25, -0.2) is 24.7 Å². The van der Waals surface area contributed by atoms with E-state index >= 15 is 0 Å². The summed E-state index contributed by atoms with van der Waals surface area (Å²) in [6.07, 6.45) is 2.91. The number of nitrogens with zero attached hydrogens (tertiary/aromatic N) is 9. The predicted octanol–water partition coefficient (Wildman–Crippen LogP) is 3.99. The van der Waals surface area contributed by atoms with Gasteiger partial charge in [0, 0.05) is 37.6 Å². The van der Waals surface area contributed by atoms with E-state index in [-0.39, 0.29) is 59.7 Å². The van der Waals surface area contributed by atoms with Crippen molar-refractivity contribution in [3.05, 3.63) is 93.8 Å². The number of fused-ring (bicyclic) bond motifs is 2. The molecule has 1 atom stereocenters. The lowest BCUT2D eigenvalue weighted by molar-refractivity contribution is 0.0696. The monoisotopic (exact) mass is 979 g/mol. The van der Waals surface area contributed by atoms with Crippen molar-refractivity contribution in [3.63, 3.8) is 0 Å². The second-order valence-corrected chi connectivity index (χ2v) is 18.8. The van der Waals surface area contributed by atoms with Crippen LogP contribution in [0.25, 0.3) is 22.3 Å². The molecule has 68 heavy (non-hydrogen) atoms. The van der Waals surface area contributed by atoms with Crippen molar-refractivity contribution in [2.24, 2.45) is 0 Å². The van der Waals surface area contributed by atoms with E-state index in [1.165, 1.54) is 6.20 Å². The number of rotatable bonds is 19. The first-order chi connectivity index (χ1) is 32.4. The number of aromatic nitrogens is 8.